The Morgan fingerprint density at radius 1 is 1.07 bits per heavy atom. The molecule has 1 unspecified atom stereocenters. The van der Waals surface area contributed by atoms with Gasteiger partial charge in [0.1, 0.15) is 11.9 Å². The van der Waals surface area contributed by atoms with Crippen LogP contribution in [0.4, 0.5) is 4.39 Å². The maximum absolute atomic E-state index is 14.8. The van der Waals surface area contributed by atoms with Crippen LogP contribution < -0.4 is 0 Å². The number of hydrogen-bond acceptors (Lipinski definition) is 2. The first-order valence-electron chi connectivity index (χ1n) is 10.4. The molecular weight excluding hydrogens is 375 g/mol. The lowest BCUT2D eigenvalue weighted by molar-refractivity contribution is 0.180. The van der Waals surface area contributed by atoms with Crippen LogP contribution >= 0.6 is 11.6 Å². The van der Waals surface area contributed by atoms with Crippen LogP contribution in [0.1, 0.15) is 61.7 Å². The van der Waals surface area contributed by atoms with Crippen LogP contribution in [0.15, 0.2) is 36.4 Å². The molecule has 2 nitrogen and oxygen atoms in total. The molecule has 1 heterocycles. The molecule has 0 bridgehead atoms. The standard InChI is InChI=1S/C24H28ClFO2/c1-27-14-2-3-16-4-6-17(7-5-16)18-8-10-19(11-9-18)20-12-13-21(22-15-28-22)23(25)24(20)26/h8-13,16-17,22H,2-7,14-15H2,1H3. The summed E-state index contributed by atoms with van der Waals surface area (Å²) in [6, 6.07) is 12.1. The molecule has 1 aliphatic carbocycles. The number of methoxy groups -OCH3 is 1. The van der Waals surface area contributed by atoms with Crippen LogP contribution in [-0.4, -0.2) is 20.3 Å². The van der Waals surface area contributed by atoms with Gasteiger partial charge in [-0.1, -0.05) is 48.0 Å². The van der Waals surface area contributed by atoms with Crippen molar-refractivity contribution in [1.82, 2.24) is 0 Å². The minimum Gasteiger partial charge on any atom is -0.385 e. The lowest BCUT2D eigenvalue weighted by Gasteiger charge is -2.29. The SMILES string of the molecule is COCCCC1CCC(c2ccc(-c3ccc(C4CO4)c(Cl)c3F)cc2)CC1. The molecule has 4 rings (SSSR count). The summed E-state index contributed by atoms with van der Waals surface area (Å²) < 4.78 is 25.2. The highest BCUT2D eigenvalue weighted by molar-refractivity contribution is 6.32. The first-order valence-corrected chi connectivity index (χ1v) is 10.7. The van der Waals surface area contributed by atoms with E-state index in [1.807, 2.05) is 24.3 Å². The topological polar surface area (TPSA) is 21.8 Å². The molecule has 2 aliphatic rings. The molecule has 0 N–H and O–H groups in total. The molecule has 0 radical (unpaired) electrons. The molecule has 1 saturated carbocycles. The van der Waals surface area contributed by atoms with E-state index in [0.717, 1.165) is 23.7 Å². The molecule has 150 valence electrons. The van der Waals surface area contributed by atoms with Crippen molar-refractivity contribution in [3.63, 3.8) is 0 Å². The van der Waals surface area contributed by atoms with Crippen molar-refractivity contribution in [2.45, 2.75) is 50.5 Å². The summed E-state index contributed by atoms with van der Waals surface area (Å²) in [4.78, 5) is 0. The average Bonchev–Trinajstić information content (AvgIpc) is 3.56. The van der Waals surface area contributed by atoms with Gasteiger partial charge in [0, 0.05) is 24.8 Å². The van der Waals surface area contributed by atoms with Crippen LogP contribution in [0.25, 0.3) is 11.1 Å². The molecule has 0 amide bonds. The number of benzene rings is 2. The van der Waals surface area contributed by atoms with Gasteiger partial charge in [0.05, 0.1) is 11.6 Å². The van der Waals surface area contributed by atoms with Crippen molar-refractivity contribution in [3.8, 4) is 11.1 Å². The second-order valence-electron chi connectivity index (χ2n) is 8.13. The number of hydrogen-bond donors (Lipinski definition) is 0. The van der Waals surface area contributed by atoms with Gasteiger partial charge < -0.3 is 9.47 Å². The molecule has 2 aromatic carbocycles. The van der Waals surface area contributed by atoms with Gasteiger partial charge in [-0.2, -0.15) is 0 Å². The Balaban J connectivity index is 1.40. The van der Waals surface area contributed by atoms with Crippen LogP contribution in [0.2, 0.25) is 5.02 Å². The van der Waals surface area contributed by atoms with E-state index in [2.05, 4.69) is 12.1 Å². The highest BCUT2D eigenvalue weighted by Gasteiger charge is 2.29. The average molecular weight is 403 g/mol. The fourth-order valence-corrected chi connectivity index (χ4v) is 4.79. The Kier molecular flexibility index (Phi) is 6.35. The predicted octanol–water partition coefficient (Wildman–Crippen LogP) is 6.92. The van der Waals surface area contributed by atoms with Gasteiger partial charge in [0.15, 0.2) is 0 Å². The summed E-state index contributed by atoms with van der Waals surface area (Å²) in [5, 5.41) is 0.191. The first-order chi connectivity index (χ1) is 13.7. The predicted molar refractivity (Wildman–Crippen MR) is 111 cm³/mol. The summed E-state index contributed by atoms with van der Waals surface area (Å²) in [7, 11) is 1.77. The highest BCUT2D eigenvalue weighted by atomic mass is 35.5. The fraction of sp³-hybridized carbons (Fsp3) is 0.500. The third-order valence-corrected chi connectivity index (χ3v) is 6.68. The van der Waals surface area contributed by atoms with E-state index in [-0.39, 0.29) is 16.9 Å². The molecular formula is C24H28ClFO2. The molecule has 0 aromatic heterocycles. The third kappa shape index (κ3) is 4.42. The Morgan fingerprint density at radius 2 is 1.79 bits per heavy atom. The minimum atomic E-state index is -0.348. The number of epoxide rings is 1. The number of rotatable bonds is 7. The Hall–Kier alpha value is -1.42. The van der Waals surface area contributed by atoms with Crippen molar-refractivity contribution in [3.05, 3.63) is 58.4 Å². The highest BCUT2D eigenvalue weighted by Crippen LogP contribution is 2.40. The summed E-state index contributed by atoms with van der Waals surface area (Å²) in [6.07, 6.45) is 7.49. The van der Waals surface area contributed by atoms with E-state index in [0.29, 0.717) is 18.1 Å². The van der Waals surface area contributed by atoms with Crippen LogP contribution in [0, 0.1) is 11.7 Å². The lowest BCUT2D eigenvalue weighted by Crippen LogP contribution is -2.13. The van der Waals surface area contributed by atoms with E-state index < -0.39 is 0 Å². The van der Waals surface area contributed by atoms with E-state index in [1.54, 1.807) is 7.11 Å². The maximum atomic E-state index is 14.8. The fourth-order valence-electron chi connectivity index (χ4n) is 4.50. The monoisotopic (exact) mass is 402 g/mol. The summed E-state index contributed by atoms with van der Waals surface area (Å²) in [6.45, 7) is 1.50. The summed E-state index contributed by atoms with van der Waals surface area (Å²) in [5.74, 6) is 1.12. The zero-order valence-corrected chi connectivity index (χ0v) is 17.2. The molecule has 0 spiro atoms. The molecule has 2 aromatic rings. The summed E-state index contributed by atoms with van der Waals surface area (Å²) >= 11 is 6.23. The molecule has 1 aliphatic heterocycles. The van der Waals surface area contributed by atoms with Gasteiger partial charge in [0.25, 0.3) is 0 Å². The van der Waals surface area contributed by atoms with Crippen LogP contribution in [0.3, 0.4) is 0 Å². The van der Waals surface area contributed by atoms with E-state index in [9.17, 15) is 4.39 Å². The molecule has 1 saturated heterocycles. The van der Waals surface area contributed by atoms with Crippen LogP contribution in [-0.2, 0) is 9.47 Å². The maximum Gasteiger partial charge on any atom is 0.149 e. The van der Waals surface area contributed by atoms with Crippen molar-refractivity contribution >= 4 is 11.6 Å². The van der Waals surface area contributed by atoms with Crippen molar-refractivity contribution in [2.75, 3.05) is 20.3 Å². The van der Waals surface area contributed by atoms with E-state index in [4.69, 9.17) is 21.1 Å². The zero-order valence-electron chi connectivity index (χ0n) is 16.4. The molecule has 2 fully saturated rings. The number of halogens is 2. The van der Waals surface area contributed by atoms with Crippen molar-refractivity contribution in [2.24, 2.45) is 5.92 Å². The molecule has 1 atom stereocenters. The molecule has 4 heteroatoms. The lowest BCUT2D eigenvalue weighted by atomic mass is 9.77. The van der Waals surface area contributed by atoms with Gasteiger partial charge in [-0.3, -0.25) is 0 Å². The largest absolute Gasteiger partial charge is 0.385 e. The Morgan fingerprint density at radius 3 is 2.43 bits per heavy atom. The van der Waals surface area contributed by atoms with Gasteiger partial charge >= 0.3 is 0 Å². The zero-order chi connectivity index (χ0) is 19.5. The van der Waals surface area contributed by atoms with E-state index in [1.165, 1.54) is 44.1 Å². The van der Waals surface area contributed by atoms with Crippen LogP contribution in [0.5, 0.6) is 0 Å². The van der Waals surface area contributed by atoms with Gasteiger partial charge in [-0.05, 0) is 61.5 Å². The number of ether oxygens (including phenoxy) is 2. The van der Waals surface area contributed by atoms with Gasteiger partial charge in [-0.15, -0.1) is 0 Å². The normalized spacial score (nSPS) is 24.3. The summed E-state index contributed by atoms with van der Waals surface area (Å²) in [5.41, 5.74) is 3.55. The smallest absolute Gasteiger partial charge is 0.149 e. The Labute approximate surface area is 172 Å². The van der Waals surface area contributed by atoms with Crippen molar-refractivity contribution < 1.29 is 13.9 Å². The Bertz CT molecular complexity index is 793. The molecule has 28 heavy (non-hydrogen) atoms. The van der Waals surface area contributed by atoms with E-state index >= 15 is 0 Å². The second-order valence-corrected chi connectivity index (χ2v) is 8.50. The minimum absolute atomic E-state index is 0.0388. The third-order valence-electron chi connectivity index (χ3n) is 6.29. The second kappa shape index (κ2) is 8.94. The van der Waals surface area contributed by atoms with Gasteiger partial charge in [-0.25, -0.2) is 4.39 Å². The first kappa shape index (κ1) is 19.9. The van der Waals surface area contributed by atoms with Gasteiger partial charge in [0.2, 0.25) is 0 Å². The van der Waals surface area contributed by atoms with Crippen molar-refractivity contribution in [1.29, 1.82) is 0 Å². The quantitative estimate of drug-likeness (QED) is 0.370.